The van der Waals surface area contributed by atoms with Gasteiger partial charge in [0.2, 0.25) is 5.91 Å². The second-order valence-corrected chi connectivity index (χ2v) is 6.07. The van der Waals surface area contributed by atoms with Gasteiger partial charge in [-0.3, -0.25) is 15.0 Å². The van der Waals surface area contributed by atoms with Gasteiger partial charge in [-0.2, -0.15) is 0 Å². The lowest BCUT2D eigenvalue weighted by Gasteiger charge is -2.28. The van der Waals surface area contributed by atoms with Gasteiger partial charge < -0.3 is 0 Å². The zero-order valence-corrected chi connectivity index (χ0v) is 13.6. The van der Waals surface area contributed by atoms with E-state index in [-0.39, 0.29) is 11.9 Å². The number of hydrogen-bond acceptors (Lipinski definition) is 2. The van der Waals surface area contributed by atoms with Crippen molar-refractivity contribution >= 4 is 17.6 Å². The maximum Gasteiger partial charge on any atom is 0.328 e. The average molecular weight is 308 g/mol. The molecule has 1 fully saturated rings. The molecule has 4 heteroatoms. The summed E-state index contributed by atoms with van der Waals surface area (Å²) in [6.45, 7) is 6.61. The number of urea groups is 1. The number of anilines is 1. The molecule has 0 aliphatic carbocycles. The Labute approximate surface area is 136 Å². The van der Waals surface area contributed by atoms with Crippen LogP contribution in [0, 0.1) is 20.8 Å². The third-order valence-electron chi connectivity index (χ3n) is 4.23. The average Bonchev–Trinajstić information content (AvgIpc) is 2.48. The number of amides is 3. The quantitative estimate of drug-likeness (QED) is 0.919. The fourth-order valence-corrected chi connectivity index (χ4v) is 3.06. The number of benzene rings is 2. The Morgan fingerprint density at radius 3 is 2.39 bits per heavy atom. The van der Waals surface area contributed by atoms with Crippen LogP contribution in [-0.4, -0.2) is 18.5 Å². The number of rotatable bonds is 2. The lowest BCUT2D eigenvalue weighted by Crippen LogP contribution is -2.49. The van der Waals surface area contributed by atoms with Crippen LogP contribution in [0.4, 0.5) is 10.5 Å². The van der Waals surface area contributed by atoms with E-state index < -0.39 is 0 Å². The van der Waals surface area contributed by atoms with E-state index >= 15 is 0 Å². The molecule has 0 saturated carbocycles. The van der Waals surface area contributed by atoms with Gasteiger partial charge in [0.15, 0.2) is 0 Å². The normalized spacial score (nSPS) is 14.8. The van der Waals surface area contributed by atoms with Gasteiger partial charge in [-0.05, 0) is 55.2 Å². The third kappa shape index (κ3) is 2.97. The first-order valence-electron chi connectivity index (χ1n) is 7.75. The Hall–Kier alpha value is -2.62. The molecule has 4 nitrogen and oxygen atoms in total. The highest BCUT2D eigenvalue weighted by Gasteiger charge is 2.25. The second-order valence-electron chi connectivity index (χ2n) is 6.07. The van der Waals surface area contributed by atoms with E-state index in [9.17, 15) is 9.59 Å². The highest BCUT2D eigenvalue weighted by Crippen LogP contribution is 2.30. The number of nitrogens with one attached hydrogen (secondary N) is 1. The van der Waals surface area contributed by atoms with Gasteiger partial charge in [0.05, 0.1) is 0 Å². The van der Waals surface area contributed by atoms with Gasteiger partial charge in [0, 0.05) is 18.7 Å². The van der Waals surface area contributed by atoms with E-state index in [0.717, 1.165) is 16.8 Å². The summed E-state index contributed by atoms with van der Waals surface area (Å²) in [5.74, 6) is -0.212. The van der Waals surface area contributed by atoms with Crippen molar-refractivity contribution in [2.45, 2.75) is 27.2 Å². The van der Waals surface area contributed by atoms with Crippen LogP contribution in [0.15, 0.2) is 36.4 Å². The van der Waals surface area contributed by atoms with Gasteiger partial charge in [0.1, 0.15) is 0 Å². The van der Waals surface area contributed by atoms with Gasteiger partial charge in [-0.25, -0.2) is 4.79 Å². The smallest absolute Gasteiger partial charge is 0.293 e. The molecule has 1 N–H and O–H groups in total. The number of aryl methyl sites for hydroxylation is 3. The Kier molecular flexibility index (Phi) is 3.90. The Balaban J connectivity index is 1.95. The van der Waals surface area contributed by atoms with Crippen molar-refractivity contribution in [3.05, 3.63) is 53.1 Å². The van der Waals surface area contributed by atoms with Gasteiger partial charge in [-0.15, -0.1) is 0 Å². The van der Waals surface area contributed by atoms with Gasteiger partial charge in [0.25, 0.3) is 0 Å². The fraction of sp³-hybridized carbons (Fsp3) is 0.263. The number of nitrogens with zero attached hydrogens (tertiary/aromatic N) is 1. The zero-order valence-electron chi connectivity index (χ0n) is 13.6. The van der Waals surface area contributed by atoms with Crippen molar-refractivity contribution in [2.24, 2.45) is 0 Å². The standard InChI is InChI=1S/C19H20N2O2/c1-12-4-6-16(13(2)10-12)15-5-7-17(14(3)11-15)21-9-8-18(22)20-19(21)23/h4-7,10-11H,8-9H2,1-3H3,(H,20,22,23). The Morgan fingerprint density at radius 1 is 0.957 bits per heavy atom. The maximum absolute atomic E-state index is 12.0. The molecule has 1 heterocycles. The van der Waals surface area contributed by atoms with E-state index in [2.05, 4.69) is 43.4 Å². The van der Waals surface area contributed by atoms with E-state index in [1.54, 1.807) is 4.90 Å². The second kappa shape index (κ2) is 5.88. The van der Waals surface area contributed by atoms with Crippen molar-refractivity contribution in [3.63, 3.8) is 0 Å². The topological polar surface area (TPSA) is 49.4 Å². The minimum Gasteiger partial charge on any atom is -0.293 e. The number of imide groups is 1. The van der Waals surface area contributed by atoms with E-state index in [1.807, 2.05) is 19.1 Å². The molecule has 1 saturated heterocycles. The van der Waals surface area contributed by atoms with E-state index in [4.69, 9.17) is 0 Å². The zero-order chi connectivity index (χ0) is 16.6. The van der Waals surface area contributed by atoms with Crippen LogP contribution < -0.4 is 10.2 Å². The Morgan fingerprint density at radius 2 is 1.74 bits per heavy atom. The molecule has 1 aliphatic rings. The molecule has 3 rings (SSSR count). The Bertz CT molecular complexity index is 796. The van der Waals surface area contributed by atoms with Crippen molar-refractivity contribution in [1.29, 1.82) is 0 Å². The van der Waals surface area contributed by atoms with Crippen LogP contribution in [0.2, 0.25) is 0 Å². The minimum atomic E-state index is -0.344. The lowest BCUT2D eigenvalue weighted by atomic mass is 9.96. The summed E-state index contributed by atoms with van der Waals surface area (Å²) in [6, 6.07) is 12.1. The molecule has 0 spiro atoms. The predicted molar refractivity (Wildman–Crippen MR) is 91.6 cm³/mol. The summed E-state index contributed by atoms with van der Waals surface area (Å²) >= 11 is 0. The maximum atomic E-state index is 12.0. The monoisotopic (exact) mass is 308 g/mol. The van der Waals surface area contributed by atoms with Crippen LogP contribution in [0.1, 0.15) is 23.1 Å². The first-order chi connectivity index (χ1) is 11.0. The van der Waals surface area contributed by atoms with Crippen molar-refractivity contribution in [2.75, 3.05) is 11.4 Å². The SMILES string of the molecule is Cc1ccc(-c2ccc(N3CCC(=O)NC3=O)c(C)c2)c(C)c1. The van der Waals surface area contributed by atoms with Crippen LogP contribution in [0.25, 0.3) is 11.1 Å². The van der Waals surface area contributed by atoms with Crippen LogP contribution >= 0.6 is 0 Å². The molecular formula is C19H20N2O2. The van der Waals surface area contributed by atoms with Crippen LogP contribution in [-0.2, 0) is 4.79 Å². The van der Waals surface area contributed by atoms with Gasteiger partial charge >= 0.3 is 6.03 Å². The molecule has 118 valence electrons. The molecule has 0 unspecified atom stereocenters. The van der Waals surface area contributed by atoms with Crippen molar-refractivity contribution in [3.8, 4) is 11.1 Å². The number of hydrogen-bond donors (Lipinski definition) is 1. The highest BCUT2D eigenvalue weighted by molar-refractivity contribution is 6.06. The molecule has 2 aromatic carbocycles. The molecule has 23 heavy (non-hydrogen) atoms. The summed E-state index contributed by atoms with van der Waals surface area (Å²) in [6.07, 6.45) is 0.337. The summed E-state index contributed by atoms with van der Waals surface area (Å²) < 4.78 is 0. The van der Waals surface area contributed by atoms with Crippen LogP contribution in [0.5, 0.6) is 0 Å². The first kappa shape index (κ1) is 15.3. The minimum absolute atomic E-state index is 0.212. The number of carbonyl (C=O) groups excluding carboxylic acids is 2. The van der Waals surface area contributed by atoms with Crippen molar-refractivity contribution < 1.29 is 9.59 Å². The van der Waals surface area contributed by atoms with E-state index in [0.29, 0.717) is 13.0 Å². The molecule has 3 amide bonds. The lowest BCUT2D eigenvalue weighted by molar-refractivity contribution is -0.120. The third-order valence-corrected chi connectivity index (χ3v) is 4.23. The molecule has 0 atom stereocenters. The molecule has 0 bridgehead atoms. The largest absolute Gasteiger partial charge is 0.328 e. The predicted octanol–water partition coefficient (Wildman–Crippen LogP) is 3.73. The summed E-state index contributed by atoms with van der Waals surface area (Å²) in [5.41, 5.74) is 6.68. The van der Waals surface area contributed by atoms with Crippen LogP contribution in [0.3, 0.4) is 0 Å². The summed E-state index contributed by atoms with van der Waals surface area (Å²) in [4.78, 5) is 24.9. The van der Waals surface area contributed by atoms with Gasteiger partial charge in [-0.1, -0.05) is 29.8 Å². The molecule has 1 aliphatic heterocycles. The first-order valence-corrected chi connectivity index (χ1v) is 7.75. The van der Waals surface area contributed by atoms with Crippen molar-refractivity contribution in [1.82, 2.24) is 5.32 Å². The number of carbonyl (C=O) groups is 2. The highest BCUT2D eigenvalue weighted by atomic mass is 16.2. The summed E-state index contributed by atoms with van der Waals surface area (Å²) in [5, 5.41) is 2.36. The summed E-state index contributed by atoms with van der Waals surface area (Å²) in [7, 11) is 0. The molecule has 2 aromatic rings. The molecule has 0 radical (unpaired) electrons. The molecular weight excluding hydrogens is 288 g/mol. The van der Waals surface area contributed by atoms with E-state index in [1.165, 1.54) is 16.7 Å². The fourth-order valence-electron chi connectivity index (χ4n) is 3.06. The molecule has 0 aromatic heterocycles.